The Morgan fingerprint density at radius 3 is 2.69 bits per heavy atom. The largest absolute Gasteiger partial charge is 0.494 e. The molecule has 0 amide bonds. The predicted octanol–water partition coefficient (Wildman–Crippen LogP) is 0.519. The van der Waals surface area contributed by atoms with E-state index in [-0.39, 0.29) is 17.0 Å². The van der Waals surface area contributed by atoms with Crippen molar-refractivity contribution in [2.75, 3.05) is 19.5 Å². The van der Waals surface area contributed by atoms with Crippen LogP contribution in [0.25, 0.3) is 0 Å². The first-order valence-electron chi connectivity index (χ1n) is 4.37. The number of rotatable bonds is 4. The fourth-order valence-corrected chi connectivity index (χ4v) is 1.15. The molecule has 16 heavy (non-hydrogen) atoms. The average molecular weight is 225 g/mol. The van der Waals surface area contributed by atoms with Gasteiger partial charge in [0.2, 0.25) is 0 Å². The van der Waals surface area contributed by atoms with E-state index >= 15 is 0 Å². The number of aliphatic carboxylic acids is 1. The number of ether oxygens (including phenoxy) is 2. The third-order valence-corrected chi connectivity index (χ3v) is 1.80. The molecule has 0 spiro atoms. The van der Waals surface area contributed by atoms with E-state index in [1.165, 1.54) is 13.2 Å². The summed E-state index contributed by atoms with van der Waals surface area (Å²) < 4.78 is 9.44. The van der Waals surface area contributed by atoms with Crippen molar-refractivity contribution in [2.24, 2.45) is 0 Å². The molecule has 3 N–H and O–H groups in total. The molecule has 0 fully saturated rings. The fourth-order valence-electron chi connectivity index (χ4n) is 1.15. The van der Waals surface area contributed by atoms with Gasteiger partial charge < -0.3 is 20.3 Å². The zero-order valence-corrected chi connectivity index (χ0v) is 8.60. The summed E-state index contributed by atoms with van der Waals surface area (Å²) in [5.74, 6) is -1.83. The number of anilines is 1. The minimum Gasteiger partial charge on any atom is -0.494 e. The van der Waals surface area contributed by atoms with Gasteiger partial charge >= 0.3 is 11.9 Å². The zero-order chi connectivity index (χ0) is 12.1. The van der Waals surface area contributed by atoms with E-state index in [1.54, 1.807) is 12.1 Å². The molecule has 0 saturated heterocycles. The van der Waals surface area contributed by atoms with Crippen LogP contribution in [-0.4, -0.2) is 30.8 Å². The Morgan fingerprint density at radius 1 is 1.44 bits per heavy atom. The fraction of sp³-hybridized carbons (Fsp3) is 0.200. The van der Waals surface area contributed by atoms with E-state index in [9.17, 15) is 9.59 Å². The van der Waals surface area contributed by atoms with Crippen LogP contribution in [0.1, 0.15) is 10.4 Å². The molecule has 0 unspecified atom stereocenters. The van der Waals surface area contributed by atoms with Crippen LogP contribution in [0.15, 0.2) is 18.2 Å². The molecule has 0 aromatic heterocycles. The summed E-state index contributed by atoms with van der Waals surface area (Å²) in [6.07, 6.45) is 0. The smallest absolute Gasteiger partial charge is 0.342 e. The highest BCUT2D eigenvalue weighted by Crippen LogP contribution is 2.26. The number of nitrogens with two attached hydrogens (primary N) is 1. The van der Waals surface area contributed by atoms with Gasteiger partial charge in [-0.05, 0) is 12.1 Å². The van der Waals surface area contributed by atoms with Gasteiger partial charge in [-0.3, -0.25) is 0 Å². The van der Waals surface area contributed by atoms with E-state index in [4.69, 9.17) is 15.6 Å². The maximum absolute atomic E-state index is 11.5. The van der Waals surface area contributed by atoms with Gasteiger partial charge in [-0.2, -0.15) is 0 Å². The zero-order valence-electron chi connectivity index (χ0n) is 8.60. The van der Waals surface area contributed by atoms with Crippen LogP contribution in [0, 0.1) is 0 Å². The minimum atomic E-state index is -1.23. The van der Waals surface area contributed by atoms with Crippen LogP contribution in [0.5, 0.6) is 5.75 Å². The summed E-state index contributed by atoms with van der Waals surface area (Å²) >= 11 is 0. The van der Waals surface area contributed by atoms with Crippen molar-refractivity contribution in [1.82, 2.24) is 0 Å². The summed E-state index contributed by atoms with van der Waals surface area (Å²) in [5.41, 5.74) is 5.96. The lowest BCUT2D eigenvalue weighted by Gasteiger charge is -2.09. The third kappa shape index (κ3) is 2.63. The summed E-state index contributed by atoms with van der Waals surface area (Å²) in [5, 5.41) is 8.36. The van der Waals surface area contributed by atoms with Gasteiger partial charge in [-0.15, -0.1) is 0 Å². The minimum absolute atomic E-state index is 0.101. The Hall–Kier alpha value is -2.24. The SMILES string of the molecule is COc1c(N)cccc1C(=O)OCC(=O)O. The summed E-state index contributed by atoms with van der Waals surface area (Å²) in [6, 6.07) is 4.56. The van der Waals surface area contributed by atoms with Gasteiger partial charge in [0.1, 0.15) is 5.56 Å². The van der Waals surface area contributed by atoms with Crippen molar-refractivity contribution in [3.05, 3.63) is 23.8 Å². The molecule has 0 aliphatic heterocycles. The highest BCUT2D eigenvalue weighted by molar-refractivity contribution is 5.95. The van der Waals surface area contributed by atoms with Crippen LogP contribution < -0.4 is 10.5 Å². The lowest BCUT2D eigenvalue weighted by atomic mass is 10.2. The van der Waals surface area contributed by atoms with Gasteiger partial charge in [0.05, 0.1) is 12.8 Å². The van der Waals surface area contributed by atoms with Crippen molar-refractivity contribution >= 4 is 17.6 Å². The Morgan fingerprint density at radius 2 is 2.12 bits per heavy atom. The molecule has 1 aromatic rings. The van der Waals surface area contributed by atoms with Crippen molar-refractivity contribution in [3.63, 3.8) is 0 Å². The number of carbonyl (C=O) groups excluding carboxylic acids is 1. The number of nitrogen functional groups attached to an aromatic ring is 1. The van der Waals surface area contributed by atoms with Crippen molar-refractivity contribution < 1.29 is 24.2 Å². The number of hydrogen-bond acceptors (Lipinski definition) is 5. The highest BCUT2D eigenvalue weighted by atomic mass is 16.6. The topological polar surface area (TPSA) is 98.9 Å². The van der Waals surface area contributed by atoms with E-state index < -0.39 is 18.5 Å². The number of carboxylic acid groups (broad SMARTS) is 1. The van der Waals surface area contributed by atoms with Crippen molar-refractivity contribution in [2.45, 2.75) is 0 Å². The van der Waals surface area contributed by atoms with Crippen molar-refractivity contribution in [3.8, 4) is 5.75 Å². The van der Waals surface area contributed by atoms with Gasteiger partial charge in [-0.1, -0.05) is 6.07 Å². The number of para-hydroxylation sites is 1. The van der Waals surface area contributed by atoms with E-state index in [1.807, 2.05) is 0 Å². The van der Waals surface area contributed by atoms with Crippen molar-refractivity contribution in [1.29, 1.82) is 0 Å². The summed E-state index contributed by atoms with van der Waals surface area (Å²) in [6.45, 7) is -0.698. The van der Waals surface area contributed by atoms with Gasteiger partial charge in [0.15, 0.2) is 12.4 Å². The Bertz CT molecular complexity index is 416. The number of hydrogen-bond donors (Lipinski definition) is 2. The lowest BCUT2D eigenvalue weighted by Crippen LogP contribution is -2.14. The number of carbonyl (C=O) groups is 2. The normalized spacial score (nSPS) is 9.56. The molecule has 86 valence electrons. The second-order valence-electron chi connectivity index (χ2n) is 2.90. The molecular weight excluding hydrogens is 214 g/mol. The molecule has 0 bridgehead atoms. The number of methoxy groups -OCH3 is 1. The molecule has 6 heteroatoms. The first kappa shape index (κ1) is 11.8. The predicted molar refractivity (Wildman–Crippen MR) is 55.3 cm³/mol. The third-order valence-electron chi connectivity index (χ3n) is 1.80. The molecule has 0 aliphatic rings. The molecule has 6 nitrogen and oxygen atoms in total. The molecule has 0 radical (unpaired) electrons. The molecule has 0 aliphatic carbocycles. The summed E-state index contributed by atoms with van der Waals surface area (Å²) in [4.78, 5) is 21.7. The Balaban J connectivity index is 2.90. The van der Waals surface area contributed by atoms with Crippen LogP contribution in [0.4, 0.5) is 5.69 Å². The second kappa shape index (κ2) is 5.01. The van der Waals surface area contributed by atoms with Gasteiger partial charge in [-0.25, -0.2) is 9.59 Å². The molecule has 1 rings (SSSR count). The average Bonchev–Trinajstić information content (AvgIpc) is 2.25. The molecular formula is C10H11NO5. The summed E-state index contributed by atoms with van der Waals surface area (Å²) in [7, 11) is 1.36. The van der Waals surface area contributed by atoms with Gasteiger partial charge in [0.25, 0.3) is 0 Å². The number of esters is 1. The molecule has 0 heterocycles. The van der Waals surface area contributed by atoms with Crippen LogP contribution in [0.2, 0.25) is 0 Å². The Labute approximate surface area is 91.6 Å². The molecule has 0 atom stereocenters. The molecule has 0 saturated carbocycles. The number of carboxylic acids is 1. The first-order chi connectivity index (χ1) is 7.56. The second-order valence-corrected chi connectivity index (χ2v) is 2.90. The maximum atomic E-state index is 11.5. The Kier molecular flexibility index (Phi) is 3.71. The molecule has 1 aromatic carbocycles. The van der Waals surface area contributed by atoms with E-state index in [0.29, 0.717) is 0 Å². The van der Waals surface area contributed by atoms with Crippen LogP contribution >= 0.6 is 0 Å². The quantitative estimate of drug-likeness (QED) is 0.572. The highest BCUT2D eigenvalue weighted by Gasteiger charge is 2.16. The first-order valence-corrected chi connectivity index (χ1v) is 4.37. The van der Waals surface area contributed by atoms with Crippen LogP contribution in [0.3, 0.4) is 0 Å². The lowest BCUT2D eigenvalue weighted by molar-refractivity contribution is -0.140. The standard InChI is InChI=1S/C10H11NO5/c1-15-9-6(3-2-4-7(9)11)10(14)16-5-8(12)13/h2-4H,5,11H2,1H3,(H,12,13). The number of benzene rings is 1. The monoisotopic (exact) mass is 225 g/mol. The van der Waals surface area contributed by atoms with Gasteiger partial charge in [0, 0.05) is 0 Å². The van der Waals surface area contributed by atoms with Crippen LogP contribution in [-0.2, 0) is 9.53 Å². The maximum Gasteiger partial charge on any atom is 0.342 e. The van der Waals surface area contributed by atoms with E-state index in [2.05, 4.69) is 4.74 Å². The van der Waals surface area contributed by atoms with E-state index in [0.717, 1.165) is 0 Å².